The summed E-state index contributed by atoms with van der Waals surface area (Å²) in [5, 5.41) is 10.4. The molecule has 0 saturated heterocycles. The van der Waals surface area contributed by atoms with Crippen LogP contribution < -0.4 is 0 Å². The topological polar surface area (TPSA) is 60.7 Å². The number of thioether (sulfide) groups is 1. The van der Waals surface area contributed by atoms with Gasteiger partial charge in [0.25, 0.3) is 0 Å². The van der Waals surface area contributed by atoms with Gasteiger partial charge in [0.05, 0.1) is 5.52 Å². The fourth-order valence-electron chi connectivity index (χ4n) is 3.55. The maximum atomic E-state index is 12.5. The molecule has 0 unspecified atom stereocenters. The lowest BCUT2D eigenvalue weighted by Gasteiger charge is -2.18. The Balaban J connectivity index is 1.36. The second-order valence-corrected chi connectivity index (χ2v) is 9.61. The van der Waals surface area contributed by atoms with E-state index in [1.807, 2.05) is 41.9 Å². The van der Waals surface area contributed by atoms with E-state index in [1.54, 1.807) is 11.8 Å². The molecule has 6 heteroatoms. The second kappa shape index (κ2) is 8.19. The number of carbonyl (C=O) groups is 1. The summed E-state index contributed by atoms with van der Waals surface area (Å²) in [7, 11) is 2.00. The summed E-state index contributed by atoms with van der Waals surface area (Å²) in [5.41, 5.74) is 4.87. The van der Waals surface area contributed by atoms with E-state index in [4.69, 9.17) is 0 Å². The standard InChI is InChI=1S/C24H26N4OS/c1-24(2,3)17-13-11-16(12-14-17)20(29)10-7-15-30-23-25-22-21(26-27-23)18-8-5-6-9-19(18)28(22)4/h5-6,8-9,11-14H,7,10,15H2,1-4H3. The van der Waals surface area contributed by atoms with E-state index in [2.05, 4.69) is 54.2 Å². The third kappa shape index (κ3) is 4.10. The average molecular weight is 419 g/mol. The fraction of sp³-hybridized carbons (Fsp3) is 0.333. The molecule has 0 atom stereocenters. The molecule has 2 aromatic heterocycles. The van der Waals surface area contributed by atoms with Crippen molar-refractivity contribution >= 4 is 39.6 Å². The second-order valence-electron chi connectivity index (χ2n) is 8.55. The highest BCUT2D eigenvalue weighted by molar-refractivity contribution is 7.99. The molecule has 4 rings (SSSR count). The molecule has 0 saturated carbocycles. The lowest BCUT2D eigenvalue weighted by molar-refractivity contribution is 0.0982. The van der Waals surface area contributed by atoms with Crippen LogP contribution in [0.5, 0.6) is 0 Å². The number of aryl methyl sites for hydroxylation is 1. The maximum Gasteiger partial charge on any atom is 0.211 e. The van der Waals surface area contributed by atoms with E-state index >= 15 is 0 Å². The van der Waals surface area contributed by atoms with Crippen LogP contribution in [0, 0.1) is 0 Å². The molecule has 0 fully saturated rings. The van der Waals surface area contributed by atoms with Gasteiger partial charge in [-0.3, -0.25) is 4.79 Å². The number of benzene rings is 2. The zero-order chi connectivity index (χ0) is 21.3. The molecule has 0 N–H and O–H groups in total. The Hall–Kier alpha value is -2.73. The monoisotopic (exact) mass is 418 g/mol. The van der Waals surface area contributed by atoms with E-state index in [-0.39, 0.29) is 11.2 Å². The van der Waals surface area contributed by atoms with E-state index in [1.165, 1.54) is 5.56 Å². The fourth-order valence-corrected chi connectivity index (χ4v) is 4.27. The van der Waals surface area contributed by atoms with Crippen molar-refractivity contribution < 1.29 is 4.79 Å². The Bertz CT molecular complexity index is 1210. The van der Waals surface area contributed by atoms with E-state index in [0.717, 1.165) is 39.8 Å². The summed E-state index contributed by atoms with van der Waals surface area (Å²) in [6, 6.07) is 16.1. The van der Waals surface area contributed by atoms with Crippen LogP contribution in [0.2, 0.25) is 0 Å². The molecule has 2 heterocycles. The predicted molar refractivity (Wildman–Crippen MR) is 123 cm³/mol. The normalized spacial score (nSPS) is 12.0. The molecule has 154 valence electrons. The van der Waals surface area contributed by atoms with Gasteiger partial charge >= 0.3 is 0 Å². The molecule has 0 aliphatic heterocycles. The van der Waals surface area contributed by atoms with Crippen LogP contribution in [0.25, 0.3) is 22.1 Å². The van der Waals surface area contributed by atoms with Gasteiger partial charge in [-0.2, -0.15) is 0 Å². The largest absolute Gasteiger partial charge is 0.327 e. The first-order valence-electron chi connectivity index (χ1n) is 10.2. The Morgan fingerprint density at radius 1 is 1.03 bits per heavy atom. The Labute approximate surface area is 180 Å². The summed E-state index contributed by atoms with van der Waals surface area (Å²) in [6.07, 6.45) is 1.30. The molecule has 0 amide bonds. The van der Waals surface area contributed by atoms with Crippen molar-refractivity contribution in [1.82, 2.24) is 19.7 Å². The van der Waals surface area contributed by atoms with Crippen LogP contribution in [0.4, 0.5) is 0 Å². The van der Waals surface area contributed by atoms with Crippen molar-refractivity contribution in [2.45, 2.75) is 44.2 Å². The maximum absolute atomic E-state index is 12.5. The van der Waals surface area contributed by atoms with Crippen LogP contribution in [-0.4, -0.2) is 31.3 Å². The third-order valence-electron chi connectivity index (χ3n) is 5.34. The summed E-state index contributed by atoms with van der Waals surface area (Å²) in [6.45, 7) is 6.52. The molecule has 0 bridgehead atoms. The third-order valence-corrected chi connectivity index (χ3v) is 6.26. The lowest BCUT2D eigenvalue weighted by atomic mass is 9.86. The van der Waals surface area contributed by atoms with E-state index in [9.17, 15) is 4.79 Å². The summed E-state index contributed by atoms with van der Waals surface area (Å²) in [4.78, 5) is 17.2. The molecule has 0 aliphatic rings. The van der Waals surface area contributed by atoms with Gasteiger partial charge in [0.15, 0.2) is 11.4 Å². The van der Waals surface area contributed by atoms with E-state index in [0.29, 0.717) is 11.6 Å². The molecule has 0 spiro atoms. The van der Waals surface area contributed by atoms with Gasteiger partial charge < -0.3 is 4.57 Å². The predicted octanol–water partition coefficient (Wildman–Crippen LogP) is 5.57. The molecule has 2 aromatic carbocycles. The number of ketones is 1. The number of fused-ring (bicyclic) bond motifs is 3. The van der Waals surface area contributed by atoms with Crippen molar-refractivity contribution in [3.63, 3.8) is 0 Å². The SMILES string of the molecule is Cn1c2ccccc2c2nnc(SCCCC(=O)c3ccc(C(C)(C)C)cc3)nc21. The number of para-hydroxylation sites is 1. The molecule has 0 aliphatic carbocycles. The number of rotatable bonds is 6. The Morgan fingerprint density at radius 3 is 2.50 bits per heavy atom. The molecular weight excluding hydrogens is 392 g/mol. The number of carbonyl (C=O) groups excluding carboxylic acids is 1. The van der Waals surface area contributed by atoms with Crippen molar-refractivity contribution in [3.05, 3.63) is 59.7 Å². The highest BCUT2D eigenvalue weighted by Gasteiger charge is 2.15. The smallest absolute Gasteiger partial charge is 0.211 e. The van der Waals surface area contributed by atoms with Gasteiger partial charge in [0.2, 0.25) is 5.16 Å². The Morgan fingerprint density at radius 2 is 1.77 bits per heavy atom. The first-order valence-corrected chi connectivity index (χ1v) is 11.2. The zero-order valence-electron chi connectivity index (χ0n) is 17.8. The Kier molecular flexibility index (Phi) is 5.60. The first kappa shape index (κ1) is 20.5. The van der Waals surface area contributed by atoms with Gasteiger partial charge in [-0.15, -0.1) is 10.2 Å². The van der Waals surface area contributed by atoms with Crippen molar-refractivity contribution in [1.29, 1.82) is 0 Å². The number of Topliss-reactive ketones (excluding diaryl/α,β-unsaturated/α-hetero) is 1. The molecular formula is C24H26N4OS. The van der Waals surface area contributed by atoms with Gasteiger partial charge in [-0.05, 0) is 23.5 Å². The minimum absolute atomic E-state index is 0.0948. The van der Waals surface area contributed by atoms with Gasteiger partial charge in [-0.25, -0.2) is 4.98 Å². The van der Waals surface area contributed by atoms with Crippen LogP contribution in [0.15, 0.2) is 53.7 Å². The van der Waals surface area contributed by atoms with Crippen molar-refractivity contribution in [2.75, 3.05) is 5.75 Å². The summed E-state index contributed by atoms with van der Waals surface area (Å²) >= 11 is 1.55. The number of aromatic nitrogens is 4. The minimum Gasteiger partial charge on any atom is -0.327 e. The number of hydrogen-bond donors (Lipinski definition) is 0. The van der Waals surface area contributed by atoms with Gasteiger partial charge in [-0.1, -0.05) is 75.0 Å². The first-order chi connectivity index (χ1) is 14.3. The molecule has 0 radical (unpaired) electrons. The van der Waals surface area contributed by atoms with E-state index < -0.39 is 0 Å². The quantitative estimate of drug-likeness (QED) is 0.233. The minimum atomic E-state index is 0.0948. The van der Waals surface area contributed by atoms with Gasteiger partial charge in [0, 0.05) is 30.2 Å². The number of hydrogen-bond acceptors (Lipinski definition) is 5. The van der Waals surface area contributed by atoms with Crippen LogP contribution >= 0.6 is 11.8 Å². The van der Waals surface area contributed by atoms with Crippen molar-refractivity contribution in [3.8, 4) is 0 Å². The van der Waals surface area contributed by atoms with Crippen LogP contribution in [0.3, 0.4) is 0 Å². The van der Waals surface area contributed by atoms with Crippen molar-refractivity contribution in [2.24, 2.45) is 7.05 Å². The lowest BCUT2D eigenvalue weighted by Crippen LogP contribution is -2.11. The molecule has 30 heavy (non-hydrogen) atoms. The van der Waals surface area contributed by atoms with Gasteiger partial charge in [0.1, 0.15) is 5.52 Å². The average Bonchev–Trinajstić information content (AvgIpc) is 3.03. The summed E-state index contributed by atoms with van der Waals surface area (Å²) < 4.78 is 2.05. The summed E-state index contributed by atoms with van der Waals surface area (Å²) in [5.74, 6) is 0.961. The van der Waals surface area contributed by atoms with Crippen LogP contribution in [0.1, 0.15) is 49.5 Å². The molecule has 4 aromatic rings. The highest BCUT2D eigenvalue weighted by atomic mass is 32.2. The number of nitrogens with zero attached hydrogens (tertiary/aromatic N) is 4. The zero-order valence-corrected chi connectivity index (χ0v) is 18.7. The highest BCUT2D eigenvalue weighted by Crippen LogP contribution is 2.26. The van der Waals surface area contributed by atoms with Crippen LogP contribution in [-0.2, 0) is 12.5 Å². The molecule has 5 nitrogen and oxygen atoms in total.